The number of amides is 2. The van der Waals surface area contributed by atoms with E-state index in [1.54, 1.807) is 30.4 Å². The first-order valence-electron chi connectivity index (χ1n) is 8.74. The topological polar surface area (TPSA) is 97.2 Å². The number of nitrogens with one attached hydrogen (secondary N) is 2. The Morgan fingerprint density at radius 2 is 1.93 bits per heavy atom. The normalized spacial score (nSPS) is 10.5. The summed E-state index contributed by atoms with van der Waals surface area (Å²) in [5, 5.41) is 19.3. The predicted molar refractivity (Wildman–Crippen MR) is 111 cm³/mol. The van der Waals surface area contributed by atoms with Gasteiger partial charge in [0.05, 0.1) is 21.9 Å². The van der Waals surface area contributed by atoms with Crippen LogP contribution in [-0.4, -0.2) is 22.5 Å². The zero-order valence-electron chi connectivity index (χ0n) is 15.6. The van der Waals surface area contributed by atoms with E-state index in [4.69, 9.17) is 0 Å². The molecule has 2 N–H and O–H groups in total. The number of nitrogens with zero attached hydrogens (tertiary/aromatic N) is 2. The van der Waals surface area contributed by atoms with Crippen LogP contribution in [0.25, 0.3) is 10.6 Å². The molecule has 144 valence electrons. The maximum absolute atomic E-state index is 12.1. The molecule has 0 aliphatic carbocycles. The van der Waals surface area contributed by atoms with Gasteiger partial charge in [-0.25, -0.2) is 9.78 Å². The Kier molecular flexibility index (Phi) is 6.00. The van der Waals surface area contributed by atoms with Crippen LogP contribution in [0.1, 0.15) is 16.8 Å². The molecule has 1 aromatic heterocycles. The third-order valence-corrected chi connectivity index (χ3v) is 5.21. The van der Waals surface area contributed by atoms with Gasteiger partial charge in [-0.05, 0) is 19.9 Å². The number of hydrogen-bond acceptors (Lipinski definition) is 5. The molecule has 0 aliphatic heterocycles. The van der Waals surface area contributed by atoms with Crippen molar-refractivity contribution >= 4 is 28.7 Å². The number of thiazole rings is 1. The summed E-state index contributed by atoms with van der Waals surface area (Å²) in [6.07, 6.45) is 0.601. The highest BCUT2D eigenvalue weighted by molar-refractivity contribution is 7.13. The summed E-state index contributed by atoms with van der Waals surface area (Å²) >= 11 is 1.57. The van der Waals surface area contributed by atoms with Crippen LogP contribution in [0.3, 0.4) is 0 Å². The van der Waals surface area contributed by atoms with Gasteiger partial charge in [0.2, 0.25) is 0 Å². The minimum Gasteiger partial charge on any atom is -0.337 e. The highest BCUT2D eigenvalue weighted by atomic mass is 32.1. The number of anilines is 1. The molecule has 7 nitrogen and oxygen atoms in total. The molecule has 0 spiro atoms. The summed E-state index contributed by atoms with van der Waals surface area (Å²) in [6, 6.07) is 12.4. The second kappa shape index (κ2) is 8.62. The Bertz CT molecular complexity index is 999. The molecule has 1 heterocycles. The minimum atomic E-state index is -0.466. The lowest BCUT2D eigenvalue weighted by molar-refractivity contribution is -0.385. The van der Waals surface area contributed by atoms with Crippen molar-refractivity contribution in [2.24, 2.45) is 0 Å². The number of aromatic nitrogens is 1. The molecular weight excluding hydrogens is 376 g/mol. The fourth-order valence-corrected chi connectivity index (χ4v) is 3.54. The molecule has 0 atom stereocenters. The van der Waals surface area contributed by atoms with Gasteiger partial charge in [0.25, 0.3) is 5.69 Å². The molecule has 2 amide bonds. The third kappa shape index (κ3) is 4.72. The molecule has 0 fully saturated rings. The van der Waals surface area contributed by atoms with E-state index in [9.17, 15) is 14.9 Å². The molecule has 0 saturated carbocycles. The number of nitro groups is 1. The van der Waals surface area contributed by atoms with Gasteiger partial charge in [0.1, 0.15) is 5.01 Å². The Hall–Kier alpha value is -3.26. The maximum Gasteiger partial charge on any atom is 0.319 e. The SMILES string of the molecule is Cc1ccc(-c2nc(CCNC(=O)Nc3cccc([N+](=O)[O-])c3C)cs2)cc1. The monoisotopic (exact) mass is 396 g/mol. The number of hydrogen-bond donors (Lipinski definition) is 2. The largest absolute Gasteiger partial charge is 0.337 e. The third-order valence-electron chi connectivity index (χ3n) is 4.27. The molecule has 8 heteroatoms. The number of aryl methyl sites for hydroxylation is 1. The van der Waals surface area contributed by atoms with Gasteiger partial charge in [-0.2, -0.15) is 0 Å². The van der Waals surface area contributed by atoms with E-state index in [1.807, 2.05) is 24.4 Å². The lowest BCUT2D eigenvalue weighted by Crippen LogP contribution is -2.30. The molecule has 0 saturated heterocycles. The summed E-state index contributed by atoms with van der Waals surface area (Å²) in [4.78, 5) is 27.2. The van der Waals surface area contributed by atoms with E-state index in [0.717, 1.165) is 16.3 Å². The lowest BCUT2D eigenvalue weighted by atomic mass is 10.1. The van der Waals surface area contributed by atoms with E-state index >= 15 is 0 Å². The summed E-state index contributed by atoms with van der Waals surface area (Å²) in [7, 11) is 0. The molecule has 0 radical (unpaired) electrons. The molecule has 3 aromatic rings. The first-order chi connectivity index (χ1) is 13.4. The van der Waals surface area contributed by atoms with E-state index in [2.05, 4.69) is 27.8 Å². The van der Waals surface area contributed by atoms with Gasteiger partial charge in [-0.1, -0.05) is 35.9 Å². The quantitative estimate of drug-likeness (QED) is 0.466. The minimum absolute atomic E-state index is 0.0242. The smallest absolute Gasteiger partial charge is 0.319 e. The average Bonchev–Trinajstić information content (AvgIpc) is 3.12. The van der Waals surface area contributed by atoms with Crippen LogP contribution in [0.2, 0.25) is 0 Å². The molecule has 2 aromatic carbocycles. The highest BCUT2D eigenvalue weighted by Gasteiger charge is 2.14. The standard InChI is InChI=1S/C20H20N4O3S/c1-13-6-8-15(9-7-13)19-22-16(12-28-19)10-11-21-20(25)23-17-4-3-5-18(14(17)2)24(26)27/h3-9,12H,10-11H2,1-2H3,(H2,21,23,25). The summed E-state index contributed by atoms with van der Waals surface area (Å²) < 4.78 is 0. The number of benzene rings is 2. The van der Waals surface area contributed by atoms with Gasteiger partial charge < -0.3 is 10.6 Å². The number of nitro benzene ring substituents is 1. The van der Waals surface area contributed by atoms with Gasteiger partial charge in [-0.3, -0.25) is 10.1 Å². The van der Waals surface area contributed by atoms with Gasteiger partial charge in [0, 0.05) is 30.0 Å². The second-order valence-corrected chi connectivity index (χ2v) is 7.21. The lowest BCUT2D eigenvalue weighted by Gasteiger charge is -2.09. The number of urea groups is 1. The molecule has 3 rings (SSSR count). The number of carbonyl (C=O) groups is 1. The molecule has 28 heavy (non-hydrogen) atoms. The van der Waals surface area contributed by atoms with Crippen molar-refractivity contribution < 1.29 is 9.72 Å². The van der Waals surface area contributed by atoms with Gasteiger partial charge in [-0.15, -0.1) is 11.3 Å². The molecular formula is C20H20N4O3S. The fraction of sp³-hybridized carbons (Fsp3) is 0.200. The molecule has 0 bridgehead atoms. The van der Waals surface area contributed by atoms with E-state index in [1.165, 1.54) is 11.6 Å². The average molecular weight is 396 g/mol. The summed E-state index contributed by atoms with van der Waals surface area (Å²) in [6.45, 7) is 4.06. The molecule has 0 aliphatic rings. The zero-order chi connectivity index (χ0) is 20.1. The van der Waals surface area contributed by atoms with Crippen LogP contribution in [0, 0.1) is 24.0 Å². The van der Waals surface area contributed by atoms with Crippen molar-refractivity contribution in [3.05, 3.63) is 74.8 Å². The van der Waals surface area contributed by atoms with Crippen molar-refractivity contribution in [1.82, 2.24) is 10.3 Å². The van der Waals surface area contributed by atoms with Crippen molar-refractivity contribution in [2.75, 3.05) is 11.9 Å². The highest BCUT2D eigenvalue weighted by Crippen LogP contribution is 2.25. The fourth-order valence-electron chi connectivity index (χ4n) is 2.68. The van der Waals surface area contributed by atoms with Crippen LogP contribution < -0.4 is 10.6 Å². The van der Waals surface area contributed by atoms with Crippen LogP contribution >= 0.6 is 11.3 Å². The Morgan fingerprint density at radius 1 is 1.18 bits per heavy atom. The number of carbonyl (C=O) groups excluding carboxylic acids is 1. The summed E-state index contributed by atoms with van der Waals surface area (Å²) in [5.41, 5.74) is 4.01. The van der Waals surface area contributed by atoms with Crippen LogP contribution in [0.5, 0.6) is 0 Å². The van der Waals surface area contributed by atoms with Gasteiger partial charge >= 0.3 is 6.03 Å². The first-order valence-corrected chi connectivity index (χ1v) is 9.62. The maximum atomic E-state index is 12.1. The van der Waals surface area contributed by atoms with Crippen molar-refractivity contribution in [1.29, 1.82) is 0 Å². The van der Waals surface area contributed by atoms with Crippen LogP contribution in [0.4, 0.5) is 16.2 Å². The Balaban J connectivity index is 1.53. The first kappa shape index (κ1) is 19.5. The zero-order valence-corrected chi connectivity index (χ0v) is 16.4. The van der Waals surface area contributed by atoms with Crippen LogP contribution in [0.15, 0.2) is 47.8 Å². The Morgan fingerprint density at radius 3 is 2.64 bits per heavy atom. The molecule has 0 unspecified atom stereocenters. The number of rotatable bonds is 6. The predicted octanol–water partition coefficient (Wildman–Crippen LogP) is 4.70. The Labute approximate surface area is 166 Å². The van der Waals surface area contributed by atoms with E-state index in [0.29, 0.717) is 24.2 Å². The van der Waals surface area contributed by atoms with Crippen LogP contribution in [-0.2, 0) is 6.42 Å². The second-order valence-electron chi connectivity index (χ2n) is 6.35. The van der Waals surface area contributed by atoms with Crippen molar-refractivity contribution in [3.63, 3.8) is 0 Å². The van der Waals surface area contributed by atoms with E-state index < -0.39 is 11.0 Å². The van der Waals surface area contributed by atoms with Crippen molar-refractivity contribution in [3.8, 4) is 10.6 Å². The summed E-state index contributed by atoms with van der Waals surface area (Å²) in [5.74, 6) is 0. The van der Waals surface area contributed by atoms with Crippen molar-refractivity contribution in [2.45, 2.75) is 20.3 Å². The van der Waals surface area contributed by atoms with E-state index in [-0.39, 0.29) is 5.69 Å². The van der Waals surface area contributed by atoms with Gasteiger partial charge in [0.15, 0.2) is 0 Å².